The summed E-state index contributed by atoms with van der Waals surface area (Å²) in [4.78, 5) is 19.6. The van der Waals surface area contributed by atoms with Crippen molar-refractivity contribution in [2.75, 3.05) is 11.9 Å². The number of carbonyl (C=O) groups excluding carboxylic acids is 1. The van der Waals surface area contributed by atoms with Crippen LogP contribution in [0.2, 0.25) is 10.0 Å². The summed E-state index contributed by atoms with van der Waals surface area (Å²) in [6.45, 7) is 0.525. The lowest BCUT2D eigenvalue weighted by atomic mass is 9.86. The number of halogens is 5. The number of carbonyl (C=O) groups is 1. The standard InChI is InChI=1S/C27H25Cl2F3N4O/c28-17-6-9-21-19(11-17)23(12-24(36-21)27(30,31)32)33-13-15-4-7-18(8-5-15)35-25(37)10-16-14-34-22-3-1-2-20(29)26(16)22/h1-3,6,9,11-12,14-15,18,34H,4-5,7-8,10,13H2,(H,33,36)(H,35,37). The van der Waals surface area contributed by atoms with E-state index in [1.165, 1.54) is 12.1 Å². The number of rotatable bonds is 6. The molecule has 0 spiro atoms. The number of fused-ring (bicyclic) bond motifs is 2. The van der Waals surface area contributed by atoms with E-state index >= 15 is 0 Å². The molecule has 0 unspecified atom stereocenters. The van der Waals surface area contributed by atoms with Gasteiger partial charge in [0, 0.05) is 45.8 Å². The SMILES string of the molecule is O=C(Cc1c[nH]c2cccc(Cl)c12)NC1CCC(CNc2cc(C(F)(F)F)nc3ccc(Cl)cc23)CC1. The van der Waals surface area contributed by atoms with Gasteiger partial charge < -0.3 is 15.6 Å². The molecule has 2 heterocycles. The Morgan fingerprint density at radius 3 is 2.62 bits per heavy atom. The monoisotopic (exact) mass is 548 g/mol. The number of amides is 1. The third-order valence-electron chi connectivity index (χ3n) is 6.94. The maximum Gasteiger partial charge on any atom is 0.433 e. The van der Waals surface area contributed by atoms with E-state index in [0.29, 0.717) is 27.7 Å². The van der Waals surface area contributed by atoms with Gasteiger partial charge in [0.2, 0.25) is 5.91 Å². The molecule has 37 heavy (non-hydrogen) atoms. The van der Waals surface area contributed by atoms with Crippen molar-refractivity contribution in [2.45, 2.75) is 44.3 Å². The van der Waals surface area contributed by atoms with E-state index in [0.717, 1.165) is 48.2 Å². The van der Waals surface area contributed by atoms with Gasteiger partial charge >= 0.3 is 6.18 Å². The van der Waals surface area contributed by atoms with Crippen LogP contribution in [0.3, 0.4) is 0 Å². The van der Waals surface area contributed by atoms with Gasteiger partial charge in [-0.25, -0.2) is 4.98 Å². The Kier molecular flexibility index (Phi) is 7.23. The molecular weight excluding hydrogens is 524 g/mol. The molecule has 4 aromatic rings. The molecule has 194 valence electrons. The highest BCUT2D eigenvalue weighted by molar-refractivity contribution is 6.35. The van der Waals surface area contributed by atoms with Crippen molar-refractivity contribution >= 4 is 56.6 Å². The fourth-order valence-corrected chi connectivity index (χ4v) is 5.52. The first kappa shape index (κ1) is 25.7. The molecule has 5 rings (SSSR count). The second-order valence-electron chi connectivity index (χ2n) is 9.53. The van der Waals surface area contributed by atoms with Crippen LogP contribution >= 0.6 is 23.2 Å². The van der Waals surface area contributed by atoms with Crippen LogP contribution in [0.4, 0.5) is 18.9 Å². The van der Waals surface area contributed by atoms with E-state index in [1.54, 1.807) is 6.07 Å². The van der Waals surface area contributed by atoms with Crippen LogP contribution in [0, 0.1) is 5.92 Å². The zero-order chi connectivity index (χ0) is 26.2. The van der Waals surface area contributed by atoms with Crippen LogP contribution in [0.15, 0.2) is 48.7 Å². The third kappa shape index (κ3) is 5.80. The summed E-state index contributed by atoms with van der Waals surface area (Å²) in [6, 6.07) is 11.4. The Morgan fingerprint density at radius 2 is 1.86 bits per heavy atom. The Hall–Kier alpha value is -2.97. The van der Waals surface area contributed by atoms with Gasteiger partial charge in [0.15, 0.2) is 0 Å². The number of hydrogen-bond acceptors (Lipinski definition) is 3. The van der Waals surface area contributed by atoms with E-state index in [4.69, 9.17) is 23.2 Å². The first-order valence-corrected chi connectivity index (χ1v) is 12.9. The zero-order valence-electron chi connectivity index (χ0n) is 19.8. The average molecular weight is 549 g/mol. The van der Waals surface area contributed by atoms with E-state index in [-0.39, 0.29) is 29.8 Å². The minimum atomic E-state index is -4.54. The number of anilines is 1. The fourth-order valence-electron chi connectivity index (χ4n) is 5.05. The number of aromatic amines is 1. The van der Waals surface area contributed by atoms with Crippen LogP contribution in [0.25, 0.3) is 21.8 Å². The molecule has 0 aliphatic heterocycles. The maximum absolute atomic E-state index is 13.4. The molecule has 2 aromatic heterocycles. The minimum absolute atomic E-state index is 0.0535. The summed E-state index contributed by atoms with van der Waals surface area (Å²) in [5, 5.41) is 8.80. The van der Waals surface area contributed by atoms with Gasteiger partial charge in [-0.3, -0.25) is 4.79 Å². The molecule has 5 nitrogen and oxygen atoms in total. The van der Waals surface area contributed by atoms with Crippen molar-refractivity contribution in [1.82, 2.24) is 15.3 Å². The number of nitrogens with one attached hydrogen (secondary N) is 3. The predicted octanol–water partition coefficient (Wildman–Crippen LogP) is 7.37. The average Bonchev–Trinajstić information content (AvgIpc) is 3.26. The number of H-pyrrole nitrogens is 1. The normalized spacial score (nSPS) is 18.3. The van der Waals surface area contributed by atoms with E-state index in [2.05, 4.69) is 20.6 Å². The summed E-state index contributed by atoms with van der Waals surface area (Å²) in [6.07, 6.45) is 0.842. The van der Waals surface area contributed by atoms with Gasteiger partial charge in [-0.15, -0.1) is 0 Å². The van der Waals surface area contributed by atoms with Crippen LogP contribution < -0.4 is 10.6 Å². The zero-order valence-corrected chi connectivity index (χ0v) is 21.3. The summed E-state index contributed by atoms with van der Waals surface area (Å²) in [5.74, 6) is 0.222. The first-order valence-electron chi connectivity index (χ1n) is 12.1. The molecule has 1 aliphatic rings. The smallest absolute Gasteiger partial charge is 0.384 e. The summed E-state index contributed by atoms with van der Waals surface area (Å²) in [5.41, 5.74) is 1.43. The van der Waals surface area contributed by atoms with Gasteiger partial charge in [0.25, 0.3) is 0 Å². The molecule has 0 bridgehead atoms. The largest absolute Gasteiger partial charge is 0.433 e. The lowest BCUT2D eigenvalue weighted by Crippen LogP contribution is -2.39. The maximum atomic E-state index is 13.4. The van der Waals surface area contributed by atoms with Gasteiger partial charge in [-0.1, -0.05) is 29.3 Å². The van der Waals surface area contributed by atoms with Gasteiger partial charge in [-0.2, -0.15) is 13.2 Å². The van der Waals surface area contributed by atoms with Crippen LogP contribution in [-0.4, -0.2) is 28.5 Å². The third-order valence-corrected chi connectivity index (χ3v) is 7.49. The second-order valence-corrected chi connectivity index (χ2v) is 10.4. The lowest BCUT2D eigenvalue weighted by molar-refractivity contribution is -0.140. The molecule has 3 N–H and O–H groups in total. The molecule has 1 amide bonds. The van der Waals surface area contributed by atoms with Crippen molar-refractivity contribution in [2.24, 2.45) is 5.92 Å². The van der Waals surface area contributed by atoms with Gasteiger partial charge in [0.1, 0.15) is 5.69 Å². The van der Waals surface area contributed by atoms with Gasteiger partial charge in [0.05, 0.1) is 17.0 Å². The lowest BCUT2D eigenvalue weighted by Gasteiger charge is -2.29. The summed E-state index contributed by atoms with van der Waals surface area (Å²) >= 11 is 12.4. The molecule has 1 fully saturated rings. The highest BCUT2D eigenvalue weighted by Gasteiger charge is 2.33. The number of nitrogens with zero attached hydrogens (tertiary/aromatic N) is 1. The Bertz CT molecular complexity index is 1450. The topological polar surface area (TPSA) is 69.8 Å². The van der Waals surface area contributed by atoms with E-state index < -0.39 is 11.9 Å². The Morgan fingerprint density at radius 1 is 1.08 bits per heavy atom. The van der Waals surface area contributed by atoms with Gasteiger partial charge in [-0.05, 0) is 73.6 Å². The molecule has 10 heteroatoms. The number of benzene rings is 2. The molecule has 1 saturated carbocycles. The van der Waals surface area contributed by atoms with E-state index in [9.17, 15) is 18.0 Å². The number of alkyl halides is 3. The quantitative estimate of drug-likeness (QED) is 0.235. The molecular formula is C27H25Cl2F3N4O. The highest BCUT2D eigenvalue weighted by atomic mass is 35.5. The number of pyridine rings is 1. The molecule has 0 radical (unpaired) electrons. The predicted molar refractivity (Wildman–Crippen MR) is 141 cm³/mol. The van der Waals surface area contributed by atoms with Crippen molar-refractivity contribution in [3.63, 3.8) is 0 Å². The molecule has 1 aliphatic carbocycles. The summed E-state index contributed by atoms with van der Waals surface area (Å²) in [7, 11) is 0. The van der Waals surface area contributed by atoms with Crippen LogP contribution in [-0.2, 0) is 17.4 Å². The second kappa shape index (κ2) is 10.4. The summed E-state index contributed by atoms with van der Waals surface area (Å²) < 4.78 is 40.1. The minimum Gasteiger partial charge on any atom is -0.384 e. The van der Waals surface area contributed by atoms with Crippen molar-refractivity contribution in [3.05, 3.63) is 70.0 Å². The van der Waals surface area contributed by atoms with Crippen LogP contribution in [0.5, 0.6) is 0 Å². The van der Waals surface area contributed by atoms with Crippen molar-refractivity contribution < 1.29 is 18.0 Å². The Labute approximate surface area is 221 Å². The first-order chi connectivity index (χ1) is 17.7. The number of aromatic nitrogens is 2. The highest BCUT2D eigenvalue weighted by Crippen LogP contribution is 2.35. The van der Waals surface area contributed by atoms with Crippen molar-refractivity contribution in [3.8, 4) is 0 Å². The Balaban J connectivity index is 1.17. The molecule has 0 saturated heterocycles. The van der Waals surface area contributed by atoms with Crippen LogP contribution in [0.1, 0.15) is 36.9 Å². The number of hydrogen-bond donors (Lipinski definition) is 3. The van der Waals surface area contributed by atoms with Crippen molar-refractivity contribution in [1.29, 1.82) is 0 Å². The molecule has 2 aromatic carbocycles. The molecule has 0 atom stereocenters. The fraction of sp³-hybridized carbons (Fsp3) is 0.333. The van der Waals surface area contributed by atoms with E-state index in [1.807, 2.05) is 24.4 Å².